The Balaban J connectivity index is 1.67. The Morgan fingerprint density at radius 1 is 1.13 bits per heavy atom. The normalized spacial score (nSPS) is 13.9. The van der Waals surface area contributed by atoms with Crippen LogP contribution in [0.2, 0.25) is 5.02 Å². The van der Waals surface area contributed by atoms with Gasteiger partial charge >= 0.3 is 0 Å². The highest BCUT2D eigenvalue weighted by Gasteiger charge is 2.29. The third kappa shape index (κ3) is 6.14. The molecule has 6 nitrogen and oxygen atoms in total. The molecule has 0 aliphatic heterocycles. The molecule has 0 saturated heterocycles. The second-order valence-electron chi connectivity index (χ2n) is 7.65. The molecule has 0 radical (unpaired) electrons. The van der Waals surface area contributed by atoms with Crippen molar-refractivity contribution in [3.8, 4) is 11.5 Å². The molecule has 7 heteroatoms. The topological polar surface area (TPSA) is 76.7 Å². The lowest BCUT2D eigenvalue weighted by atomic mass is 10.1. The van der Waals surface area contributed by atoms with Gasteiger partial charge in [-0.05, 0) is 62.9 Å². The fourth-order valence-corrected chi connectivity index (χ4v) is 3.38. The summed E-state index contributed by atoms with van der Waals surface area (Å²) >= 11 is 6.37. The minimum atomic E-state index is -0.261. The van der Waals surface area contributed by atoms with Crippen LogP contribution in [-0.2, 0) is 4.79 Å². The van der Waals surface area contributed by atoms with Crippen molar-refractivity contribution in [2.24, 2.45) is 5.92 Å². The van der Waals surface area contributed by atoms with Crippen LogP contribution in [0.15, 0.2) is 36.4 Å². The van der Waals surface area contributed by atoms with E-state index in [9.17, 15) is 9.59 Å². The van der Waals surface area contributed by atoms with Crippen molar-refractivity contribution in [1.29, 1.82) is 0 Å². The van der Waals surface area contributed by atoms with Gasteiger partial charge < -0.3 is 20.1 Å². The second-order valence-corrected chi connectivity index (χ2v) is 8.05. The van der Waals surface area contributed by atoms with Crippen LogP contribution in [0.1, 0.15) is 62.0 Å². The van der Waals surface area contributed by atoms with E-state index in [4.69, 9.17) is 21.1 Å². The minimum absolute atomic E-state index is 0.0717. The van der Waals surface area contributed by atoms with Gasteiger partial charge in [0.05, 0.1) is 24.3 Å². The summed E-state index contributed by atoms with van der Waals surface area (Å²) in [5.41, 5.74) is 2.09. The molecule has 1 aliphatic carbocycles. The lowest BCUT2D eigenvalue weighted by Crippen LogP contribution is -2.26. The maximum atomic E-state index is 12.8. The first-order chi connectivity index (χ1) is 14.9. The van der Waals surface area contributed by atoms with Crippen molar-refractivity contribution in [2.75, 3.05) is 18.5 Å². The van der Waals surface area contributed by atoms with Crippen LogP contribution < -0.4 is 20.1 Å². The van der Waals surface area contributed by atoms with Crippen molar-refractivity contribution < 1.29 is 19.1 Å². The predicted molar refractivity (Wildman–Crippen MR) is 122 cm³/mol. The molecule has 0 aromatic heterocycles. The smallest absolute Gasteiger partial charge is 0.251 e. The number of nitrogens with one attached hydrogen (secondary N) is 2. The van der Waals surface area contributed by atoms with Gasteiger partial charge in [0.25, 0.3) is 5.91 Å². The van der Waals surface area contributed by atoms with Gasteiger partial charge in [-0.2, -0.15) is 0 Å². The molecule has 1 fully saturated rings. The van der Waals surface area contributed by atoms with Crippen molar-refractivity contribution in [3.63, 3.8) is 0 Å². The molecule has 1 unspecified atom stereocenters. The van der Waals surface area contributed by atoms with Crippen LogP contribution in [0.4, 0.5) is 5.69 Å². The molecule has 1 atom stereocenters. The van der Waals surface area contributed by atoms with E-state index < -0.39 is 0 Å². The monoisotopic (exact) mass is 444 g/mol. The largest absolute Gasteiger partial charge is 0.490 e. The Morgan fingerprint density at radius 3 is 2.45 bits per heavy atom. The molecule has 31 heavy (non-hydrogen) atoms. The molecule has 0 spiro atoms. The maximum Gasteiger partial charge on any atom is 0.251 e. The standard InChI is InChI=1S/C24H29ClN2O4/c1-4-12-31-22-20(25)13-18(14-21(22)30-5-2)24(29)26-15(3)16-8-10-19(11-9-16)27-23(28)17-6-7-17/h8-11,13-15,17H,4-7,12H2,1-3H3,(H,26,29)(H,27,28). The third-order valence-corrected chi connectivity index (χ3v) is 5.28. The van der Waals surface area contributed by atoms with E-state index in [2.05, 4.69) is 10.6 Å². The quantitative estimate of drug-likeness (QED) is 0.516. The fraction of sp³-hybridized carbons (Fsp3) is 0.417. The zero-order chi connectivity index (χ0) is 22.4. The van der Waals surface area contributed by atoms with Gasteiger partial charge in [0.2, 0.25) is 5.91 Å². The SMILES string of the molecule is CCCOc1c(Cl)cc(C(=O)NC(C)c2ccc(NC(=O)C3CC3)cc2)cc1OCC. The molecule has 0 bridgehead atoms. The van der Waals surface area contributed by atoms with Gasteiger partial charge in [-0.15, -0.1) is 0 Å². The molecule has 166 valence electrons. The summed E-state index contributed by atoms with van der Waals surface area (Å²) in [6.07, 6.45) is 2.77. The zero-order valence-corrected chi connectivity index (χ0v) is 18.9. The second kappa shape index (κ2) is 10.5. The van der Waals surface area contributed by atoms with Gasteiger partial charge in [-0.1, -0.05) is 30.7 Å². The van der Waals surface area contributed by atoms with E-state index in [0.717, 1.165) is 30.5 Å². The van der Waals surface area contributed by atoms with Crippen molar-refractivity contribution in [3.05, 3.63) is 52.5 Å². The van der Waals surface area contributed by atoms with Crippen LogP contribution in [0.5, 0.6) is 11.5 Å². The summed E-state index contributed by atoms with van der Waals surface area (Å²) in [5.74, 6) is 0.881. The Hall–Kier alpha value is -2.73. The van der Waals surface area contributed by atoms with Crippen molar-refractivity contribution in [2.45, 2.75) is 46.1 Å². The zero-order valence-electron chi connectivity index (χ0n) is 18.2. The summed E-state index contributed by atoms with van der Waals surface area (Å²) in [5, 5.41) is 6.23. The summed E-state index contributed by atoms with van der Waals surface area (Å²) in [6, 6.07) is 10.5. The number of anilines is 1. The van der Waals surface area contributed by atoms with Gasteiger partial charge in [-0.25, -0.2) is 0 Å². The Morgan fingerprint density at radius 2 is 1.84 bits per heavy atom. The summed E-state index contributed by atoms with van der Waals surface area (Å²) < 4.78 is 11.3. The third-order valence-electron chi connectivity index (χ3n) is 5.00. The Bertz CT molecular complexity index is 926. The number of benzene rings is 2. The minimum Gasteiger partial charge on any atom is -0.490 e. The lowest BCUT2D eigenvalue weighted by molar-refractivity contribution is -0.117. The molecule has 2 N–H and O–H groups in total. The summed E-state index contributed by atoms with van der Waals surface area (Å²) in [7, 11) is 0. The van der Waals surface area contributed by atoms with Crippen LogP contribution in [0.3, 0.4) is 0 Å². The molecule has 2 aromatic carbocycles. The number of hydrogen-bond acceptors (Lipinski definition) is 4. The maximum absolute atomic E-state index is 12.8. The number of carbonyl (C=O) groups is 2. The Labute approximate surface area is 188 Å². The molecule has 3 rings (SSSR count). The van der Waals surface area contributed by atoms with E-state index in [0.29, 0.717) is 35.3 Å². The average molecular weight is 445 g/mol. The number of carbonyl (C=O) groups excluding carboxylic acids is 2. The van der Waals surface area contributed by atoms with Crippen LogP contribution in [0, 0.1) is 5.92 Å². The molecular formula is C24H29ClN2O4. The van der Waals surface area contributed by atoms with Gasteiger partial charge in [0.15, 0.2) is 11.5 Å². The molecule has 1 saturated carbocycles. The number of ether oxygens (including phenoxy) is 2. The molecule has 1 aliphatic rings. The number of amides is 2. The number of hydrogen-bond donors (Lipinski definition) is 2. The molecule has 2 aromatic rings. The van der Waals surface area contributed by atoms with E-state index in [1.807, 2.05) is 45.0 Å². The van der Waals surface area contributed by atoms with E-state index in [-0.39, 0.29) is 23.8 Å². The predicted octanol–water partition coefficient (Wildman–Crippen LogP) is 5.37. The highest BCUT2D eigenvalue weighted by atomic mass is 35.5. The average Bonchev–Trinajstić information content (AvgIpc) is 3.59. The first-order valence-electron chi connectivity index (χ1n) is 10.7. The van der Waals surface area contributed by atoms with Gasteiger partial charge in [0, 0.05) is 17.2 Å². The van der Waals surface area contributed by atoms with Crippen molar-refractivity contribution in [1.82, 2.24) is 5.32 Å². The summed E-state index contributed by atoms with van der Waals surface area (Å²) in [6.45, 7) is 6.72. The first kappa shape index (κ1) is 22.9. The van der Waals surface area contributed by atoms with Crippen LogP contribution >= 0.6 is 11.6 Å². The molecule has 0 heterocycles. The van der Waals surface area contributed by atoms with Gasteiger partial charge in [0.1, 0.15) is 0 Å². The summed E-state index contributed by atoms with van der Waals surface area (Å²) in [4.78, 5) is 24.7. The Kier molecular flexibility index (Phi) is 7.80. The highest BCUT2D eigenvalue weighted by Crippen LogP contribution is 2.37. The first-order valence-corrected chi connectivity index (χ1v) is 11.1. The lowest BCUT2D eigenvalue weighted by Gasteiger charge is -2.17. The molecular weight excluding hydrogens is 416 g/mol. The van der Waals surface area contributed by atoms with Crippen LogP contribution in [0.25, 0.3) is 0 Å². The van der Waals surface area contributed by atoms with Crippen molar-refractivity contribution >= 4 is 29.1 Å². The van der Waals surface area contributed by atoms with E-state index in [1.54, 1.807) is 12.1 Å². The van der Waals surface area contributed by atoms with E-state index >= 15 is 0 Å². The van der Waals surface area contributed by atoms with Gasteiger partial charge in [-0.3, -0.25) is 9.59 Å². The van der Waals surface area contributed by atoms with Crippen LogP contribution in [-0.4, -0.2) is 25.0 Å². The van der Waals surface area contributed by atoms with E-state index in [1.165, 1.54) is 0 Å². The fourth-order valence-electron chi connectivity index (χ4n) is 3.11. The number of halogens is 1. The number of rotatable bonds is 10. The molecule has 2 amide bonds. The highest BCUT2D eigenvalue weighted by molar-refractivity contribution is 6.32.